The molecule has 0 aromatic heterocycles. The molecule has 1 saturated heterocycles. The van der Waals surface area contributed by atoms with Crippen molar-refractivity contribution in [2.24, 2.45) is 5.92 Å². The quantitative estimate of drug-likeness (QED) is 0.655. The van der Waals surface area contributed by atoms with Crippen molar-refractivity contribution in [1.82, 2.24) is 10.2 Å². The van der Waals surface area contributed by atoms with E-state index < -0.39 is 23.9 Å². The molecule has 1 N–H and O–H groups in total. The Balaban J connectivity index is 1.48. The highest BCUT2D eigenvalue weighted by atomic mass is 16.5. The second-order valence-electron chi connectivity index (χ2n) is 9.13. The highest BCUT2D eigenvalue weighted by Crippen LogP contribution is 2.34. The van der Waals surface area contributed by atoms with Crippen LogP contribution < -0.4 is 19.7 Å². The molecule has 1 fully saturated rings. The van der Waals surface area contributed by atoms with Crippen molar-refractivity contribution in [2.75, 3.05) is 24.7 Å². The number of hydrogen-bond acceptors (Lipinski definition) is 5. The SMILES string of the molecule is Cc1ccc(N2C(=O)N(CC(=O)N[C@@H](c3ccc4c(c3)OCCCO4)C(C)C)C(=O)[C@H]2C)cc1. The highest BCUT2D eigenvalue weighted by molar-refractivity contribution is 6.15. The zero-order valence-corrected chi connectivity index (χ0v) is 20.0. The second-order valence-corrected chi connectivity index (χ2v) is 9.13. The first-order chi connectivity index (χ1) is 16.3. The van der Waals surface area contributed by atoms with Crippen LogP contribution in [0.2, 0.25) is 0 Å². The van der Waals surface area contributed by atoms with Gasteiger partial charge in [-0.1, -0.05) is 37.6 Å². The lowest BCUT2D eigenvalue weighted by atomic mass is 9.95. The molecule has 2 heterocycles. The van der Waals surface area contributed by atoms with E-state index in [1.807, 2.05) is 51.1 Å². The number of nitrogens with one attached hydrogen (secondary N) is 1. The van der Waals surface area contributed by atoms with Crippen molar-refractivity contribution in [3.63, 3.8) is 0 Å². The van der Waals surface area contributed by atoms with Crippen molar-refractivity contribution in [3.8, 4) is 11.5 Å². The van der Waals surface area contributed by atoms with Gasteiger partial charge in [-0.25, -0.2) is 4.79 Å². The van der Waals surface area contributed by atoms with Crippen LogP contribution in [-0.2, 0) is 9.59 Å². The Kier molecular flexibility index (Phi) is 6.77. The molecule has 2 aromatic carbocycles. The average molecular weight is 466 g/mol. The van der Waals surface area contributed by atoms with E-state index in [9.17, 15) is 14.4 Å². The Morgan fingerprint density at radius 1 is 1.06 bits per heavy atom. The van der Waals surface area contributed by atoms with Crippen molar-refractivity contribution in [1.29, 1.82) is 0 Å². The largest absolute Gasteiger partial charge is 0.490 e. The second kappa shape index (κ2) is 9.75. The molecular formula is C26H31N3O5. The number of rotatable bonds is 6. The maximum absolute atomic E-state index is 13.1. The molecule has 2 aliphatic rings. The summed E-state index contributed by atoms with van der Waals surface area (Å²) in [6.07, 6.45) is 0.810. The van der Waals surface area contributed by atoms with Crippen molar-refractivity contribution in [2.45, 2.75) is 46.2 Å². The molecule has 2 aromatic rings. The highest BCUT2D eigenvalue weighted by Gasteiger charge is 2.44. The standard InChI is InChI=1S/C26H31N3O5/c1-16(2)24(19-8-11-21-22(14-19)34-13-5-12-33-21)27-23(30)15-28-25(31)18(4)29(26(28)32)20-9-6-17(3)7-10-20/h6-11,14,16,18,24H,5,12-13,15H2,1-4H3,(H,27,30)/t18-,24-/m1/s1. The predicted octanol–water partition coefficient (Wildman–Crippen LogP) is 3.83. The summed E-state index contributed by atoms with van der Waals surface area (Å²) in [5, 5.41) is 3.00. The van der Waals surface area contributed by atoms with Gasteiger partial charge in [0.1, 0.15) is 12.6 Å². The first kappa shape index (κ1) is 23.6. The first-order valence-corrected chi connectivity index (χ1v) is 11.7. The number of urea groups is 1. The molecule has 4 rings (SSSR count). The lowest BCUT2D eigenvalue weighted by Crippen LogP contribution is -2.43. The summed E-state index contributed by atoms with van der Waals surface area (Å²) in [6.45, 7) is 8.47. The van der Waals surface area contributed by atoms with Gasteiger partial charge in [0.15, 0.2) is 11.5 Å². The van der Waals surface area contributed by atoms with Gasteiger partial charge >= 0.3 is 6.03 Å². The van der Waals surface area contributed by atoms with Gasteiger partial charge in [0.2, 0.25) is 5.91 Å². The molecule has 180 valence electrons. The Hall–Kier alpha value is -3.55. The normalized spacial score (nSPS) is 18.8. The summed E-state index contributed by atoms with van der Waals surface area (Å²) in [6, 6.07) is 11.5. The number of carbonyl (C=O) groups excluding carboxylic acids is 3. The third-order valence-electron chi connectivity index (χ3n) is 6.18. The van der Waals surface area contributed by atoms with Crippen LogP contribution in [0.3, 0.4) is 0 Å². The van der Waals surface area contributed by atoms with Crippen molar-refractivity contribution < 1.29 is 23.9 Å². The van der Waals surface area contributed by atoms with Gasteiger partial charge < -0.3 is 14.8 Å². The van der Waals surface area contributed by atoms with Gasteiger partial charge in [0.25, 0.3) is 5.91 Å². The van der Waals surface area contributed by atoms with E-state index in [4.69, 9.17) is 9.47 Å². The summed E-state index contributed by atoms with van der Waals surface area (Å²) >= 11 is 0. The molecule has 8 heteroatoms. The van der Waals surface area contributed by atoms with E-state index in [0.717, 1.165) is 22.4 Å². The minimum absolute atomic E-state index is 0.0710. The zero-order valence-electron chi connectivity index (χ0n) is 20.0. The Labute approximate surface area is 199 Å². The molecule has 0 unspecified atom stereocenters. The summed E-state index contributed by atoms with van der Waals surface area (Å²) in [5.74, 6) is 0.625. The molecule has 8 nitrogen and oxygen atoms in total. The number of ether oxygens (including phenoxy) is 2. The van der Waals surface area contributed by atoms with E-state index in [-0.39, 0.29) is 18.5 Å². The molecule has 34 heavy (non-hydrogen) atoms. The van der Waals surface area contributed by atoms with Gasteiger partial charge in [-0.05, 0) is 49.6 Å². The number of amides is 4. The molecule has 4 amide bonds. The third kappa shape index (κ3) is 4.71. The third-order valence-corrected chi connectivity index (χ3v) is 6.18. The van der Waals surface area contributed by atoms with E-state index >= 15 is 0 Å². The zero-order chi connectivity index (χ0) is 24.4. The summed E-state index contributed by atoms with van der Waals surface area (Å²) < 4.78 is 11.5. The summed E-state index contributed by atoms with van der Waals surface area (Å²) in [5.41, 5.74) is 2.56. The number of hydrogen-bond donors (Lipinski definition) is 1. The van der Waals surface area contributed by atoms with Crippen molar-refractivity contribution >= 4 is 23.5 Å². The average Bonchev–Trinajstić information content (AvgIpc) is 2.97. The van der Waals surface area contributed by atoms with E-state index in [1.165, 1.54) is 4.90 Å². The molecule has 2 aliphatic heterocycles. The molecule has 0 aliphatic carbocycles. The number of fused-ring (bicyclic) bond motifs is 1. The van der Waals surface area contributed by atoms with Crippen LogP contribution in [0.5, 0.6) is 11.5 Å². The maximum atomic E-state index is 13.1. The number of carbonyl (C=O) groups is 3. The van der Waals surface area contributed by atoms with E-state index in [2.05, 4.69) is 5.32 Å². The van der Waals surface area contributed by atoms with E-state index in [0.29, 0.717) is 30.4 Å². The minimum Gasteiger partial charge on any atom is -0.490 e. The topological polar surface area (TPSA) is 88.2 Å². The molecule has 0 spiro atoms. The monoisotopic (exact) mass is 465 g/mol. The van der Waals surface area contributed by atoms with Gasteiger partial charge in [-0.2, -0.15) is 0 Å². The smallest absolute Gasteiger partial charge is 0.332 e. The number of benzene rings is 2. The molecular weight excluding hydrogens is 434 g/mol. The Morgan fingerprint density at radius 2 is 1.74 bits per heavy atom. The first-order valence-electron chi connectivity index (χ1n) is 11.7. The predicted molar refractivity (Wildman–Crippen MR) is 128 cm³/mol. The van der Waals surface area contributed by atoms with Crippen LogP contribution in [-0.4, -0.2) is 48.5 Å². The number of nitrogens with zero attached hydrogens (tertiary/aromatic N) is 2. The van der Waals surface area contributed by atoms with Crippen LogP contribution in [0.15, 0.2) is 42.5 Å². The lowest BCUT2D eigenvalue weighted by molar-refractivity contribution is -0.132. The van der Waals surface area contributed by atoms with Crippen LogP contribution >= 0.6 is 0 Å². The van der Waals surface area contributed by atoms with Crippen LogP contribution in [0.4, 0.5) is 10.5 Å². The van der Waals surface area contributed by atoms with Gasteiger partial charge in [0, 0.05) is 12.1 Å². The lowest BCUT2D eigenvalue weighted by Gasteiger charge is -2.25. The summed E-state index contributed by atoms with van der Waals surface area (Å²) in [4.78, 5) is 41.3. The number of imide groups is 1. The van der Waals surface area contributed by atoms with Crippen molar-refractivity contribution in [3.05, 3.63) is 53.6 Å². The number of anilines is 1. The van der Waals surface area contributed by atoms with Crippen LogP contribution in [0.25, 0.3) is 0 Å². The fraction of sp³-hybridized carbons (Fsp3) is 0.423. The van der Waals surface area contributed by atoms with Gasteiger partial charge in [-0.15, -0.1) is 0 Å². The van der Waals surface area contributed by atoms with Gasteiger partial charge in [0.05, 0.1) is 19.3 Å². The molecule has 2 atom stereocenters. The van der Waals surface area contributed by atoms with Crippen LogP contribution in [0, 0.1) is 12.8 Å². The van der Waals surface area contributed by atoms with Gasteiger partial charge in [-0.3, -0.25) is 19.4 Å². The fourth-order valence-electron chi connectivity index (χ4n) is 4.28. The fourth-order valence-corrected chi connectivity index (χ4v) is 4.28. The number of aryl methyl sites for hydroxylation is 1. The molecule has 0 bridgehead atoms. The summed E-state index contributed by atoms with van der Waals surface area (Å²) in [7, 11) is 0. The Bertz CT molecular complexity index is 1080. The van der Waals surface area contributed by atoms with Crippen LogP contribution in [0.1, 0.15) is 44.4 Å². The molecule has 0 radical (unpaired) electrons. The minimum atomic E-state index is -0.675. The van der Waals surface area contributed by atoms with E-state index in [1.54, 1.807) is 19.1 Å². The maximum Gasteiger partial charge on any atom is 0.332 e. The molecule has 0 saturated carbocycles. The Morgan fingerprint density at radius 3 is 2.41 bits per heavy atom.